The summed E-state index contributed by atoms with van der Waals surface area (Å²) in [5.41, 5.74) is 0. The number of fused-ring (bicyclic) bond motifs is 2. The lowest BCUT2D eigenvalue weighted by Crippen LogP contribution is -2.51. The van der Waals surface area contributed by atoms with E-state index in [4.69, 9.17) is 0 Å². The van der Waals surface area contributed by atoms with Crippen LogP contribution in [0.3, 0.4) is 0 Å². The second-order valence-corrected chi connectivity index (χ2v) is 5.95. The number of carbonyl (C=O) groups excluding carboxylic acids is 1. The predicted molar refractivity (Wildman–Crippen MR) is 75.0 cm³/mol. The van der Waals surface area contributed by atoms with Gasteiger partial charge in [0.05, 0.1) is 6.20 Å². The highest BCUT2D eigenvalue weighted by Crippen LogP contribution is 2.30. The lowest BCUT2D eigenvalue weighted by molar-refractivity contribution is -0.135. The molecule has 0 aromatic carbocycles. The Morgan fingerprint density at radius 1 is 1.40 bits per heavy atom. The molecule has 1 amide bonds. The van der Waals surface area contributed by atoms with Gasteiger partial charge in [-0.25, -0.2) is 4.68 Å². The Labute approximate surface area is 119 Å². The Hall–Kier alpha value is -1.43. The molecule has 0 saturated carbocycles. The molecular formula is C14H23N5O. The van der Waals surface area contributed by atoms with Gasteiger partial charge in [-0.3, -0.25) is 4.79 Å². The van der Waals surface area contributed by atoms with Crippen LogP contribution >= 0.6 is 0 Å². The minimum atomic E-state index is 0.170. The van der Waals surface area contributed by atoms with Crippen LogP contribution in [0.2, 0.25) is 0 Å². The summed E-state index contributed by atoms with van der Waals surface area (Å²) in [5, 5.41) is 11.3. The van der Waals surface area contributed by atoms with E-state index in [2.05, 4.69) is 27.5 Å². The van der Waals surface area contributed by atoms with Crippen LogP contribution in [0.4, 0.5) is 0 Å². The van der Waals surface area contributed by atoms with E-state index < -0.39 is 0 Å². The van der Waals surface area contributed by atoms with Crippen molar-refractivity contribution in [1.29, 1.82) is 0 Å². The average molecular weight is 277 g/mol. The van der Waals surface area contributed by atoms with Crippen LogP contribution < -0.4 is 5.32 Å². The maximum absolute atomic E-state index is 12.6. The zero-order chi connectivity index (χ0) is 13.9. The van der Waals surface area contributed by atoms with E-state index in [-0.39, 0.29) is 5.91 Å². The minimum Gasteiger partial charge on any atom is -0.338 e. The standard InChI is InChI=1S/C14H23N5O/c1-2-6-19(14(20)10-18-7-5-15-17-18)13-8-11-3-4-12(9-13)16-11/h5,7,11-13,16H,2-4,6,8-10H2,1H3. The van der Waals surface area contributed by atoms with Crippen LogP contribution in [0.1, 0.15) is 39.0 Å². The number of piperidine rings is 1. The third-order valence-corrected chi connectivity index (χ3v) is 4.44. The van der Waals surface area contributed by atoms with Gasteiger partial charge in [0.15, 0.2) is 0 Å². The van der Waals surface area contributed by atoms with E-state index in [1.54, 1.807) is 17.1 Å². The highest BCUT2D eigenvalue weighted by atomic mass is 16.2. The van der Waals surface area contributed by atoms with Gasteiger partial charge in [0.25, 0.3) is 0 Å². The summed E-state index contributed by atoms with van der Waals surface area (Å²) in [7, 11) is 0. The summed E-state index contributed by atoms with van der Waals surface area (Å²) in [6.45, 7) is 3.28. The van der Waals surface area contributed by atoms with Gasteiger partial charge in [0.2, 0.25) is 5.91 Å². The molecule has 2 unspecified atom stereocenters. The molecule has 1 N–H and O–H groups in total. The van der Waals surface area contributed by atoms with Crippen molar-refractivity contribution in [2.45, 2.75) is 63.7 Å². The average Bonchev–Trinajstić information content (AvgIpc) is 3.05. The monoisotopic (exact) mass is 277 g/mol. The van der Waals surface area contributed by atoms with E-state index in [0.717, 1.165) is 25.8 Å². The third-order valence-electron chi connectivity index (χ3n) is 4.44. The first-order valence-corrected chi connectivity index (χ1v) is 7.66. The van der Waals surface area contributed by atoms with Gasteiger partial charge in [-0.15, -0.1) is 5.10 Å². The fourth-order valence-corrected chi connectivity index (χ4v) is 3.58. The Morgan fingerprint density at radius 2 is 2.15 bits per heavy atom. The van der Waals surface area contributed by atoms with E-state index >= 15 is 0 Å². The van der Waals surface area contributed by atoms with E-state index in [1.807, 2.05) is 0 Å². The van der Waals surface area contributed by atoms with Gasteiger partial charge in [-0.05, 0) is 32.1 Å². The zero-order valence-electron chi connectivity index (χ0n) is 12.0. The normalized spacial score (nSPS) is 28.6. The first kappa shape index (κ1) is 13.5. The predicted octanol–water partition coefficient (Wildman–Crippen LogP) is 0.800. The summed E-state index contributed by atoms with van der Waals surface area (Å²) in [6.07, 6.45) is 9.08. The topological polar surface area (TPSA) is 63.1 Å². The third kappa shape index (κ3) is 2.85. The van der Waals surface area contributed by atoms with E-state index in [0.29, 0.717) is 24.7 Å². The Bertz CT molecular complexity index is 434. The van der Waals surface area contributed by atoms with Crippen LogP contribution in [0.5, 0.6) is 0 Å². The van der Waals surface area contributed by atoms with Crippen molar-refractivity contribution in [2.75, 3.05) is 6.54 Å². The fraction of sp³-hybridized carbons (Fsp3) is 0.786. The smallest absolute Gasteiger partial charge is 0.244 e. The lowest BCUT2D eigenvalue weighted by Gasteiger charge is -2.37. The lowest BCUT2D eigenvalue weighted by atomic mass is 9.98. The second kappa shape index (κ2) is 5.91. The quantitative estimate of drug-likeness (QED) is 0.864. The second-order valence-electron chi connectivity index (χ2n) is 5.95. The van der Waals surface area contributed by atoms with Gasteiger partial charge >= 0.3 is 0 Å². The molecule has 0 radical (unpaired) electrons. The Kier molecular flexibility index (Phi) is 4.00. The minimum absolute atomic E-state index is 0.170. The molecule has 20 heavy (non-hydrogen) atoms. The largest absolute Gasteiger partial charge is 0.338 e. The molecule has 2 fully saturated rings. The molecule has 1 aromatic heterocycles. The summed E-state index contributed by atoms with van der Waals surface area (Å²) in [6, 6.07) is 1.61. The Morgan fingerprint density at radius 3 is 2.75 bits per heavy atom. The molecule has 2 aliphatic rings. The van der Waals surface area contributed by atoms with Crippen molar-refractivity contribution in [3.05, 3.63) is 12.4 Å². The van der Waals surface area contributed by atoms with Crippen LogP contribution in [-0.4, -0.2) is 50.5 Å². The summed E-state index contributed by atoms with van der Waals surface area (Å²) >= 11 is 0. The number of rotatable bonds is 5. The fourth-order valence-electron chi connectivity index (χ4n) is 3.58. The molecule has 1 aromatic rings. The van der Waals surface area contributed by atoms with Crippen LogP contribution in [0, 0.1) is 0 Å². The number of aromatic nitrogens is 3. The molecule has 110 valence electrons. The maximum Gasteiger partial charge on any atom is 0.244 e. The van der Waals surface area contributed by atoms with Gasteiger partial charge in [0.1, 0.15) is 6.54 Å². The van der Waals surface area contributed by atoms with Crippen LogP contribution in [-0.2, 0) is 11.3 Å². The van der Waals surface area contributed by atoms with Crippen molar-refractivity contribution < 1.29 is 4.79 Å². The number of nitrogens with one attached hydrogen (secondary N) is 1. The van der Waals surface area contributed by atoms with Crippen molar-refractivity contribution in [2.24, 2.45) is 0 Å². The highest BCUT2D eigenvalue weighted by Gasteiger charge is 2.37. The highest BCUT2D eigenvalue weighted by molar-refractivity contribution is 5.76. The van der Waals surface area contributed by atoms with Crippen LogP contribution in [0.15, 0.2) is 12.4 Å². The Balaban J connectivity index is 1.66. The van der Waals surface area contributed by atoms with E-state index in [1.165, 1.54) is 12.8 Å². The zero-order valence-corrected chi connectivity index (χ0v) is 12.0. The van der Waals surface area contributed by atoms with Gasteiger partial charge in [-0.2, -0.15) is 0 Å². The number of hydrogen-bond acceptors (Lipinski definition) is 4. The molecule has 3 heterocycles. The van der Waals surface area contributed by atoms with Gasteiger partial charge in [0, 0.05) is 30.9 Å². The molecule has 2 aliphatic heterocycles. The molecule has 3 rings (SSSR count). The van der Waals surface area contributed by atoms with E-state index in [9.17, 15) is 4.79 Å². The molecule has 2 atom stereocenters. The number of amides is 1. The molecule has 6 heteroatoms. The summed E-state index contributed by atoms with van der Waals surface area (Å²) in [5.74, 6) is 0.170. The van der Waals surface area contributed by atoms with Gasteiger partial charge in [-0.1, -0.05) is 12.1 Å². The first-order valence-electron chi connectivity index (χ1n) is 7.66. The molecule has 2 saturated heterocycles. The number of hydrogen-bond donors (Lipinski definition) is 1. The maximum atomic E-state index is 12.6. The van der Waals surface area contributed by atoms with Crippen molar-refractivity contribution in [3.63, 3.8) is 0 Å². The first-order chi connectivity index (χ1) is 9.76. The summed E-state index contributed by atoms with van der Waals surface area (Å²) < 4.78 is 1.61. The molecule has 0 spiro atoms. The summed E-state index contributed by atoms with van der Waals surface area (Å²) in [4.78, 5) is 14.6. The molecule has 6 nitrogen and oxygen atoms in total. The number of nitrogens with zero attached hydrogens (tertiary/aromatic N) is 4. The van der Waals surface area contributed by atoms with Crippen molar-refractivity contribution in [1.82, 2.24) is 25.2 Å². The van der Waals surface area contributed by atoms with Gasteiger partial charge < -0.3 is 10.2 Å². The molecular weight excluding hydrogens is 254 g/mol. The van der Waals surface area contributed by atoms with Crippen LogP contribution in [0.25, 0.3) is 0 Å². The molecule has 0 aliphatic carbocycles. The SMILES string of the molecule is CCCN(C(=O)Cn1ccnn1)C1CC2CCC(C1)N2. The molecule has 2 bridgehead atoms. The number of carbonyl (C=O) groups is 1. The van der Waals surface area contributed by atoms with Crippen molar-refractivity contribution >= 4 is 5.91 Å². The van der Waals surface area contributed by atoms with Crippen molar-refractivity contribution in [3.8, 4) is 0 Å².